The molecule has 4 nitrogen and oxygen atoms in total. The SMILES string of the molecule is CCCC/C=C(/CC(=O)[O-])C(=O)OCC. The summed E-state index contributed by atoms with van der Waals surface area (Å²) >= 11 is 0. The molecule has 0 bridgehead atoms. The maximum Gasteiger partial charge on any atom is 0.334 e. The number of carbonyl (C=O) groups excluding carboxylic acids is 2. The summed E-state index contributed by atoms with van der Waals surface area (Å²) in [6.07, 6.45) is 3.87. The molecule has 0 aliphatic rings. The molecule has 0 aromatic heterocycles. The summed E-state index contributed by atoms with van der Waals surface area (Å²) in [5, 5.41) is 10.4. The van der Waals surface area contributed by atoms with Crippen LogP contribution < -0.4 is 5.11 Å². The molecule has 86 valence electrons. The Balaban J connectivity index is 4.35. The van der Waals surface area contributed by atoms with Crippen molar-refractivity contribution in [2.45, 2.75) is 39.5 Å². The molecule has 0 saturated heterocycles. The van der Waals surface area contributed by atoms with Gasteiger partial charge in [-0.15, -0.1) is 0 Å². The zero-order valence-electron chi connectivity index (χ0n) is 9.25. The highest BCUT2D eigenvalue weighted by Gasteiger charge is 2.09. The summed E-state index contributed by atoms with van der Waals surface area (Å²) in [7, 11) is 0. The van der Waals surface area contributed by atoms with Crippen LogP contribution in [0.25, 0.3) is 0 Å². The van der Waals surface area contributed by atoms with Crippen molar-refractivity contribution in [2.24, 2.45) is 0 Å². The Kier molecular flexibility index (Phi) is 7.32. The Morgan fingerprint density at radius 3 is 2.47 bits per heavy atom. The van der Waals surface area contributed by atoms with E-state index in [1.165, 1.54) is 0 Å². The lowest BCUT2D eigenvalue weighted by Gasteiger charge is -2.07. The van der Waals surface area contributed by atoms with Crippen molar-refractivity contribution in [2.75, 3.05) is 6.61 Å². The van der Waals surface area contributed by atoms with Crippen molar-refractivity contribution in [3.05, 3.63) is 11.6 Å². The van der Waals surface area contributed by atoms with E-state index in [-0.39, 0.29) is 18.6 Å². The zero-order valence-corrected chi connectivity index (χ0v) is 9.25. The smallest absolute Gasteiger partial charge is 0.334 e. The molecule has 0 aromatic carbocycles. The van der Waals surface area contributed by atoms with Gasteiger partial charge in [0.05, 0.1) is 6.61 Å². The van der Waals surface area contributed by atoms with Gasteiger partial charge in [0.25, 0.3) is 0 Å². The molecule has 15 heavy (non-hydrogen) atoms. The Morgan fingerprint density at radius 2 is 2.00 bits per heavy atom. The van der Waals surface area contributed by atoms with Crippen molar-refractivity contribution >= 4 is 11.9 Å². The Bertz CT molecular complexity index is 243. The van der Waals surface area contributed by atoms with E-state index in [0.29, 0.717) is 6.42 Å². The number of hydrogen-bond acceptors (Lipinski definition) is 4. The van der Waals surface area contributed by atoms with Gasteiger partial charge in [0.15, 0.2) is 0 Å². The van der Waals surface area contributed by atoms with Crippen molar-refractivity contribution in [3.63, 3.8) is 0 Å². The third-order valence-electron chi connectivity index (χ3n) is 1.82. The van der Waals surface area contributed by atoms with Gasteiger partial charge in [-0.1, -0.05) is 25.8 Å². The van der Waals surface area contributed by atoms with Crippen LogP contribution >= 0.6 is 0 Å². The molecule has 0 rings (SSSR count). The highest BCUT2D eigenvalue weighted by Crippen LogP contribution is 2.07. The molecule has 0 amide bonds. The van der Waals surface area contributed by atoms with Crippen molar-refractivity contribution in [3.8, 4) is 0 Å². The minimum absolute atomic E-state index is 0.185. The summed E-state index contributed by atoms with van der Waals surface area (Å²) < 4.78 is 4.74. The molecular formula is C11H17O4-. The number of unbranched alkanes of at least 4 members (excludes halogenated alkanes) is 2. The molecule has 0 aromatic rings. The second kappa shape index (κ2) is 8.03. The van der Waals surface area contributed by atoms with Gasteiger partial charge in [-0.05, 0) is 13.3 Å². The number of aliphatic carboxylic acids is 1. The number of carbonyl (C=O) groups is 2. The fourth-order valence-corrected chi connectivity index (χ4v) is 1.09. The van der Waals surface area contributed by atoms with Crippen LogP contribution in [-0.2, 0) is 14.3 Å². The normalized spacial score (nSPS) is 11.2. The Hall–Kier alpha value is -1.32. The zero-order chi connectivity index (χ0) is 11.7. The van der Waals surface area contributed by atoms with Crippen LogP contribution in [0.5, 0.6) is 0 Å². The number of ether oxygens (including phenoxy) is 1. The second-order valence-corrected chi connectivity index (χ2v) is 3.14. The highest BCUT2D eigenvalue weighted by atomic mass is 16.5. The standard InChI is InChI=1S/C11H18O4/c1-3-5-6-7-9(8-10(12)13)11(14)15-4-2/h7H,3-6,8H2,1-2H3,(H,12,13)/p-1/b9-7-. The van der Waals surface area contributed by atoms with Gasteiger partial charge >= 0.3 is 5.97 Å². The molecule has 0 atom stereocenters. The van der Waals surface area contributed by atoms with Crippen LogP contribution in [0.1, 0.15) is 39.5 Å². The van der Waals surface area contributed by atoms with Crippen LogP contribution in [-0.4, -0.2) is 18.5 Å². The van der Waals surface area contributed by atoms with Gasteiger partial charge < -0.3 is 14.6 Å². The van der Waals surface area contributed by atoms with E-state index >= 15 is 0 Å². The van der Waals surface area contributed by atoms with E-state index in [4.69, 9.17) is 4.74 Å². The molecule has 0 fully saturated rings. The first-order valence-corrected chi connectivity index (χ1v) is 5.17. The summed E-state index contributed by atoms with van der Waals surface area (Å²) in [6, 6.07) is 0. The molecule has 0 aliphatic heterocycles. The number of allylic oxidation sites excluding steroid dienone is 1. The van der Waals surface area contributed by atoms with Crippen LogP contribution in [0.2, 0.25) is 0 Å². The van der Waals surface area contributed by atoms with Crippen LogP contribution in [0.15, 0.2) is 11.6 Å². The summed E-state index contributed by atoms with van der Waals surface area (Å²) in [4.78, 5) is 21.7. The third kappa shape index (κ3) is 6.71. The molecule has 0 spiro atoms. The number of rotatable bonds is 7. The fraction of sp³-hybridized carbons (Fsp3) is 0.636. The van der Waals surface area contributed by atoms with Crippen LogP contribution in [0, 0.1) is 0 Å². The fourth-order valence-electron chi connectivity index (χ4n) is 1.09. The first kappa shape index (κ1) is 13.7. The highest BCUT2D eigenvalue weighted by molar-refractivity contribution is 5.93. The van der Waals surface area contributed by atoms with E-state index in [2.05, 4.69) is 0 Å². The van der Waals surface area contributed by atoms with E-state index in [9.17, 15) is 14.7 Å². The van der Waals surface area contributed by atoms with Crippen molar-refractivity contribution < 1.29 is 19.4 Å². The van der Waals surface area contributed by atoms with E-state index in [1.54, 1.807) is 13.0 Å². The molecule has 0 saturated carbocycles. The molecular weight excluding hydrogens is 196 g/mol. The lowest BCUT2D eigenvalue weighted by molar-refractivity contribution is -0.304. The maximum absolute atomic E-state index is 11.3. The van der Waals surface area contributed by atoms with E-state index in [0.717, 1.165) is 12.8 Å². The third-order valence-corrected chi connectivity index (χ3v) is 1.82. The predicted octanol–water partition coefficient (Wildman–Crippen LogP) is 0.806. The minimum atomic E-state index is -1.26. The van der Waals surface area contributed by atoms with Gasteiger partial charge in [-0.2, -0.15) is 0 Å². The molecule has 4 heteroatoms. The number of carboxylic acid groups (broad SMARTS) is 1. The van der Waals surface area contributed by atoms with E-state index in [1.807, 2.05) is 6.92 Å². The first-order valence-electron chi connectivity index (χ1n) is 5.17. The van der Waals surface area contributed by atoms with E-state index < -0.39 is 11.9 Å². The number of esters is 1. The quantitative estimate of drug-likeness (QED) is 0.356. The van der Waals surface area contributed by atoms with Crippen LogP contribution in [0.3, 0.4) is 0 Å². The summed E-state index contributed by atoms with van der Waals surface area (Å²) in [5.74, 6) is -1.82. The van der Waals surface area contributed by atoms with Crippen molar-refractivity contribution in [1.82, 2.24) is 0 Å². The maximum atomic E-state index is 11.3. The lowest BCUT2D eigenvalue weighted by Crippen LogP contribution is -2.24. The molecule has 0 radical (unpaired) electrons. The summed E-state index contributed by atoms with van der Waals surface area (Å²) in [6.45, 7) is 3.95. The summed E-state index contributed by atoms with van der Waals surface area (Å²) in [5.41, 5.74) is 0.185. The number of hydrogen-bond donors (Lipinski definition) is 0. The van der Waals surface area contributed by atoms with Gasteiger partial charge in [-0.25, -0.2) is 4.79 Å². The Labute approximate surface area is 89.9 Å². The lowest BCUT2D eigenvalue weighted by atomic mass is 10.1. The average molecular weight is 213 g/mol. The average Bonchev–Trinajstić information content (AvgIpc) is 2.16. The van der Waals surface area contributed by atoms with Crippen molar-refractivity contribution in [1.29, 1.82) is 0 Å². The monoisotopic (exact) mass is 213 g/mol. The van der Waals surface area contributed by atoms with Gasteiger partial charge in [0.1, 0.15) is 0 Å². The van der Waals surface area contributed by atoms with Gasteiger partial charge in [0.2, 0.25) is 0 Å². The van der Waals surface area contributed by atoms with Crippen LogP contribution in [0.4, 0.5) is 0 Å². The minimum Gasteiger partial charge on any atom is -0.550 e. The van der Waals surface area contributed by atoms with Gasteiger partial charge in [-0.3, -0.25) is 0 Å². The predicted molar refractivity (Wildman–Crippen MR) is 53.9 cm³/mol. The number of carboxylic acids is 1. The second-order valence-electron chi connectivity index (χ2n) is 3.14. The van der Waals surface area contributed by atoms with Gasteiger partial charge in [0, 0.05) is 18.0 Å². The molecule has 0 unspecified atom stereocenters. The Morgan fingerprint density at radius 1 is 1.33 bits per heavy atom. The largest absolute Gasteiger partial charge is 0.550 e. The molecule has 0 aliphatic carbocycles. The molecule has 0 heterocycles. The first-order chi connectivity index (χ1) is 7.11. The topological polar surface area (TPSA) is 66.4 Å². The molecule has 0 N–H and O–H groups in total.